The summed E-state index contributed by atoms with van der Waals surface area (Å²) in [5.74, 6) is 6.63. The predicted octanol–water partition coefficient (Wildman–Crippen LogP) is 2.95. The van der Waals surface area contributed by atoms with Crippen LogP contribution in [-0.2, 0) is 5.60 Å². The van der Waals surface area contributed by atoms with Crippen LogP contribution in [0, 0.1) is 11.8 Å². The highest BCUT2D eigenvalue weighted by molar-refractivity contribution is 5.42. The summed E-state index contributed by atoms with van der Waals surface area (Å²) in [4.78, 5) is 0. The Bertz CT molecular complexity index is 604. The van der Waals surface area contributed by atoms with Gasteiger partial charge in [-0.25, -0.2) is 0 Å². The lowest BCUT2D eigenvalue weighted by Gasteiger charge is -2.16. The lowest BCUT2D eigenvalue weighted by atomic mass is 9.96. The van der Waals surface area contributed by atoms with E-state index in [9.17, 15) is 5.11 Å². The molecule has 0 heterocycles. The van der Waals surface area contributed by atoms with Gasteiger partial charge in [-0.3, -0.25) is 0 Å². The molecule has 0 fully saturated rings. The van der Waals surface area contributed by atoms with Crippen molar-refractivity contribution in [2.24, 2.45) is 0 Å². The number of hydrogen-bond donors (Lipinski definition) is 1. The standard InChI is InChI=1S/C17H16O2/c1-17(18,15-8-4-3-5-9-15)12-11-14-7-6-10-16(13-14)19-2/h3-10,13,18H,1-2H3. The molecule has 96 valence electrons. The first-order valence-corrected chi connectivity index (χ1v) is 6.07. The molecule has 0 bridgehead atoms. The van der Waals surface area contributed by atoms with Crippen LogP contribution >= 0.6 is 0 Å². The fraction of sp³-hybridized carbons (Fsp3) is 0.176. The van der Waals surface area contributed by atoms with E-state index in [1.807, 2.05) is 54.6 Å². The zero-order chi connectivity index (χ0) is 13.7. The second kappa shape index (κ2) is 5.60. The number of hydrogen-bond acceptors (Lipinski definition) is 2. The predicted molar refractivity (Wildman–Crippen MR) is 75.9 cm³/mol. The minimum atomic E-state index is -1.16. The van der Waals surface area contributed by atoms with Gasteiger partial charge < -0.3 is 9.84 Å². The maximum atomic E-state index is 10.4. The van der Waals surface area contributed by atoms with Gasteiger partial charge in [-0.05, 0) is 30.7 Å². The fourth-order valence-electron chi connectivity index (χ4n) is 1.73. The van der Waals surface area contributed by atoms with Crippen LogP contribution in [0.2, 0.25) is 0 Å². The molecule has 0 amide bonds. The summed E-state index contributed by atoms with van der Waals surface area (Å²) in [6.45, 7) is 1.69. The minimum absolute atomic E-state index is 0.756. The third-order valence-corrected chi connectivity index (χ3v) is 2.86. The molecular weight excluding hydrogens is 236 g/mol. The van der Waals surface area contributed by atoms with Crippen LogP contribution in [0.5, 0.6) is 5.75 Å². The molecule has 0 radical (unpaired) electrons. The van der Waals surface area contributed by atoms with E-state index in [-0.39, 0.29) is 0 Å². The van der Waals surface area contributed by atoms with E-state index >= 15 is 0 Å². The first-order chi connectivity index (χ1) is 9.12. The molecule has 1 unspecified atom stereocenters. The summed E-state index contributed by atoms with van der Waals surface area (Å²) in [5.41, 5.74) is 0.436. The second-order valence-corrected chi connectivity index (χ2v) is 4.42. The molecular formula is C17H16O2. The first-order valence-electron chi connectivity index (χ1n) is 6.07. The highest BCUT2D eigenvalue weighted by atomic mass is 16.5. The molecule has 1 atom stereocenters. The van der Waals surface area contributed by atoms with E-state index < -0.39 is 5.60 Å². The highest BCUT2D eigenvalue weighted by Gasteiger charge is 2.18. The van der Waals surface area contributed by atoms with Crippen molar-refractivity contribution in [3.05, 3.63) is 65.7 Å². The summed E-state index contributed by atoms with van der Waals surface area (Å²) in [7, 11) is 1.62. The quantitative estimate of drug-likeness (QED) is 0.833. The normalized spacial score (nSPS) is 13.0. The van der Waals surface area contributed by atoms with Gasteiger partial charge in [0.25, 0.3) is 0 Å². The molecule has 0 aromatic heterocycles. The topological polar surface area (TPSA) is 29.5 Å². The van der Waals surface area contributed by atoms with Gasteiger partial charge >= 0.3 is 0 Å². The minimum Gasteiger partial charge on any atom is -0.497 e. The van der Waals surface area contributed by atoms with Crippen LogP contribution in [-0.4, -0.2) is 12.2 Å². The molecule has 1 N–H and O–H groups in total. The molecule has 2 heteroatoms. The van der Waals surface area contributed by atoms with Crippen molar-refractivity contribution < 1.29 is 9.84 Å². The van der Waals surface area contributed by atoms with Gasteiger partial charge in [0.15, 0.2) is 0 Å². The summed E-state index contributed by atoms with van der Waals surface area (Å²) in [6, 6.07) is 16.9. The summed E-state index contributed by atoms with van der Waals surface area (Å²) >= 11 is 0. The number of benzene rings is 2. The molecule has 0 spiro atoms. The van der Waals surface area contributed by atoms with Crippen LogP contribution in [0.25, 0.3) is 0 Å². The van der Waals surface area contributed by atoms with E-state index in [1.54, 1.807) is 14.0 Å². The molecule has 0 saturated carbocycles. The number of ether oxygens (including phenoxy) is 1. The SMILES string of the molecule is COc1cccc(C#CC(C)(O)c2ccccc2)c1. The Kier molecular flexibility index (Phi) is 3.89. The Morgan fingerprint density at radius 2 is 1.79 bits per heavy atom. The van der Waals surface area contributed by atoms with Crippen molar-refractivity contribution in [3.8, 4) is 17.6 Å². The Balaban J connectivity index is 2.27. The number of rotatable bonds is 2. The van der Waals surface area contributed by atoms with Crippen LogP contribution in [0.15, 0.2) is 54.6 Å². The smallest absolute Gasteiger partial charge is 0.148 e. The monoisotopic (exact) mass is 252 g/mol. The highest BCUT2D eigenvalue weighted by Crippen LogP contribution is 2.19. The van der Waals surface area contributed by atoms with Gasteiger partial charge in [-0.1, -0.05) is 48.2 Å². The van der Waals surface area contributed by atoms with Crippen molar-refractivity contribution in [2.45, 2.75) is 12.5 Å². The van der Waals surface area contributed by atoms with Gasteiger partial charge in [-0.2, -0.15) is 0 Å². The van der Waals surface area contributed by atoms with Crippen LogP contribution in [0.4, 0.5) is 0 Å². The van der Waals surface area contributed by atoms with Crippen molar-refractivity contribution >= 4 is 0 Å². The van der Waals surface area contributed by atoms with Gasteiger partial charge in [0.2, 0.25) is 0 Å². The molecule has 2 nitrogen and oxygen atoms in total. The fourth-order valence-corrected chi connectivity index (χ4v) is 1.73. The molecule has 2 rings (SSSR count). The molecule has 0 aliphatic rings. The summed E-state index contributed by atoms with van der Waals surface area (Å²) in [5, 5.41) is 10.4. The first kappa shape index (κ1) is 13.2. The number of methoxy groups -OCH3 is 1. The molecule has 2 aromatic rings. The van der Waals surface area contributed by atoms with E-state index in [2.05, 4.69) is 11.8 Å². The van der Waals surface area contributed by atoms with E-state index in [0.29, 0.717) is 0 Å². The van der Waals surface area contributed by atoms with Crippen molar-refractivity contribution in [2.75, 3.05) is 7.11 Å². The van der Waals surface area contributed by atoms with Crippen LogP contribution < -0.4 is 4.74 Å². The lowest BCUT2D eigenvalue weighted by Crippen LogP contribution is -2.18. The van der Waals surface area contributed by atoms with Gasteiger partial charge in [0.05, 0.1) is 7.11 Å². The van der Waals surface area contributed by atoms with Crippen LogP contribution in [0.3, 0.4) is 0 Å². The maximum absolute atomic E-state index is 10.4. The second-order valence-electron chi connectivity index (χ2n) is 4.42. The molecule has 0 aliphatic carbocycles. The van der Waals surface area contributed by atoms with Crippen molar-refractivity contribution in [3.63, 3.8) is 0 Å². The van der Waals surface area contributed by atoms with E-state index in [1.165, 1.54) is 0 Å². The molecule has 0 aliphatic heterocycles. The van der Waals surface area contributed by atoms with E-state index in [4.69, 9.17) is 4.74 Å². The third kappa shape index (κ3) is 3.37. The van der Waals surface area contributed by atoms with Crippen LogP contribution in [0.1, 0.15) is 18.1 Å². The average molecular weight is 252 g/mol. The van der Waals surface area contributed by atoms with Gasteiger partial charge in [0.1, 0.15) is 11.4 Å². The zero-order valence-corrected chi connectivity index (χ0v) is 11.1. The Morgan fingerprint density at radius 1 is 1.05 bits per heavy atom. The molecule has 19 heavy (non-hydrogen) atoms. The molecule has 0 saturated heterocycles. The largest absolute Gasteiger partial charge is 0.497 e. The summed E-state index contributed by atoms with van der Waals surface area (Å²) in [6.07, 6.45) is 0. The summed E-state index contributed by atoms with van der Waals surface area (Å²) < 4.78 is 5.14. The Hall–Kier alpha value is -2.24. The Labute approximate surface area is 113 Å². The van der Waals surface area contributed by atoms with E-state index in [0.717, 1.165) is 16.9 Å². The molecule has 2 aromatic carbocycles. The Morgan fingerprint density at radius 3 is 2.47 bits per heavy atom. The zero-order valence-electron chi connectivity index (χ0n) is 11.1. The average Bonchev–Trinajstić information content (AvgIpc) is 2.46. The third-order valence-electron chi connectivity index (χ3n) is 2.86. The number of aliphatic hydroxyl groups is 1. The van der Waals surface area contributed by atoms with Gasteiger partial charge in [0, 0.05) is 5.56 Å². The van der Waals surface area contributed by atoms with Crippen molar-refractivity contribution in [1.29, 1.82) is 0 Å². The lowest BCUT2D eigenvalue weighted by molar-refractivity contribution is 0.122. The van der Waals surface area contributed by atoms with Crippen molar-refractivity contribution in [1.82, 2.24) is 0 Å². The van der Waals surface area contributed by atoms with Gasteiger partial charge in [-0.15, -0.1) is 0 Å². The maximum Gasteiger partial charge on any atom is 0.148 e.